The molecular weight excluding hydrogens is 259 g/mol. The van der Waals surface area contributed by atoms with Gasteiger partial charge < -0.3 is 10.4 Å². The van der Waals surface area contributed by atoms with Crippen molar-refractivity contribution in [3.05, 3.63) is 59.7 Å². The van der Waals surface area contributed by atoms with Crippen LogP contribution in [-0.4, -0.2) is 22.6 Å². The third-order valence-corrected chi connectivity index (χ3v) is 2.48. The van der Waals surface area contributed by atoms with E-state index >= 15 is 0 Å². The van der Waals surface area contributed by atoms with Crippen molar-refractivity contribution in [1.82, 2.24) is 4.98 Å². The largest absolute Gasteiger partial charge is 0.384 e. The van der Waals surface area contributed by atoms with E-state index < -0.39 is 11.7 Å². The molecule has 0 aliphatic carbocycles. The number of aliphatic hydroxyl groups is 1. The van der Waals surface area contributed by atoms with Gasteiger partial charge in [0.25, 0.3) is 5.91 Å². The molecule has 0 radical (unpaired) electrons. The summed E-state index contributed by atoms with van der Waals surface area (Å²) in [5, 5.41) is 11.0. The van der Waals surface area contributed by atoms with Gasteiger partial charge in [-0.1, -0.05) is 11.8 Å². The summed E-state index contributed by atoms with van der Waals surface area (Å²) in [4.78, 5) is 15.5. The molecule has 0 saturated heterocycles. The molecular formula is C15H11FN2O2. The van der Waals surface area contributed by atoms with Crippen molar-refractivity contribution in [1.29, 1.82) is 0 Å². The third kappa shape index (κ3) is 3.40. The highest BCUT2D eigenvalue weighted by Gasteiger charge is 2.08. The van der Waals surface area contributed by atoms with Crippen molar-refractivity contribution in [2.24, 2.45) is 0 Å². The Morgan fingerprint density at radius 1 is 1.30 bits per heavy atom. The standard InChI is InChI=1S/C15H11FN2O2/c16-13-10-17-8-7-14(13)18-15(20)12-5-3-11(4-6-12)2-1-9-19/h3-8,10,19H,9H2,(H,17,18,20). The van der Waals surface area contributed by atoms with Crippen molar-refractivity contribution in [2.75, 3.05) is 11.9 Å². The van der Waals surface area contributed by atoms with Gasteiger partial charge >= 0.3 is 0 Å². The van der Waals surface area contributed by atoms with Gasteiger partial charge in [-0.25, -0.2) is 4.39 Å². The number of aromatic nitrogens is 1. The number of hydrogen-bond acceptors (Lipinski definition) is 3. The highest BCUT2D eigenvalue weighted by atomic mass is 19.1. The number of nitrogens with zero attached hydrogens (tertiary/aromatic N) is 1. The Morgan fingerprint density at radius 2 is 2.05 bits per heavy atom. The lowest BCUT2D eigenvalue weighted by Crippen LogP contribution is -2.13. The maximum absolute atomic E-state index is 13.4. The molecule has 0 unspecified atom stereocenters. The fourth-order valence-electron chi connectivity index (χ4n) is 1.52. The topological polar surface area (TPSA) is 62.2 Å². The predicted octanol–water partition coefficient (Wildman–Crippen LogP) is 1.82. The van der Waals surface area contributed by atoms with E-state index in [1.165, 1.54) is 12.3 Å². The Kier molecular flexibility index (Phi) is 4.43. The smallest absolute Gasteiger partial charge is 0.255 e. The van der Waals surface area contributed by atoms with E-state index in [2.05, 4.69) is 22.1 Å². The van der Waals surface area contributed by atoms with E-state index in [0.29, 0.717) is 11.1 Å². The average molecular weight is 270 g/mol. The summed E-state index contributed by atoms with van der Waals surface area (Å²) in [5.74, 6) is 4.22. The summed E-state index contributed by atoms with van der Waals surface area (Å²) in [6.45, 7) is -0.219. The molecule has 100 valence electrons. The predicted molar refractivity (Wildman–Crippen MR) is 72.6 cm³/mol. The monoisotopic (exact) mass is 270 g/mol. The fourth-order valence-corrected chi connectivity index (χ4v) is 1.52. The molecule has 0 fully saturated rings. The summed E-state index contributed by atoms with van der Waals surface area (Å²) in [6.07, 6.45) is 2.43. The molecule has 0 bridgehead atoms. The maximum atomic E-state index is 13.4. The molecule has 2 rings (SSSR count). The van der Waals surface area contributed by atoms with Crippen molar-refractivity contribution in [2.45, 2.75) is 0 Å². The van der Waals surface area contributed by atoms with Crippen LogP contribution in [0.2, 0.25) is 0 Å². The first-order chi connectivity index (χ1) is 9.70. The molecule has 1 aromatic heterocycles. The minimum Gasteiger partial charge on any atom is -0.384 e. The summed E-state index contributed by atoms with van der Waals surface area (Å²) in [7, 11) is 0. The van der Waals surface area contributed by atoms with Crippen LogP contribution in [0.4, 0.5) is 10.1 Å². The lowest BCUT2D eigenvalue weighted by Gasteiger charge is -2.05. The van der Waals surface area contributed by atoms with E-state index in [-0.39, 0.29) is 12.3 Å². The molecule has 2 aromatic rings. The molecule has 1 aromatic carbocycles. The summed E-state index contributed by atoms with van der Waals surface area (Å²) in [5.41, 5.74) is 1.15. The SMILES string of the molecule is O=C(Nc1ccncc1F)c1ccc(C#CCO)cc1. The first-order valence-corrected chi connectivity index (χ1v) is 5.81. The number of nitrogens with one attached hydrogen (secondary N) is 1. The van der Waals surface area contributed by atoms with Crippen LogP contribution in [0.15, 0.2) is 42.7 Å². The Hall–Kier alpha value is -2.71. The molecule has 0 saturated carbocycles. The summed E-state index contributed by atoms with van der Waals surface area (Å²) >= 11 is 0. The van der Waals surface area contributed by atoms with Crippen LogP contribution in [0.3, 0.4) is 0 Å². The van der Waals surface area contributed by atoms with Gasteiger partial charge in [-0.05, 0) is 30.3 Å². The number of amides is 1. The second kappa shape index (κ2) is 6.45. The molecule has 5 heteroatoms. The molecule has 2 N–H and O–H groups in total. The molecule has 0 aliphatic rings. The van der Waals surface area contributed by atoms with Gasteiger partial charge in [-0.15, -0.1) is 0 Å². The highest BCUT2D eigenvalue weighted by molar-refractivity contribution is 6.04. The third-order valence-electron chi connectivity index (χ3n) is 2.48. The van der Waals surface area contributed by atoms with Crippen LogP contribution in [-0.2, 0) is 0 Å². The number of pyridine rings is 1. The lowest BCUT2D eigenvalue weighted by molar-refractivity contribution is 0.102. The number of aliphatic hydroxyl groups excluding tert-OH is 1. The Bertz CT molecular complexity index is 672. The average Bonchev–Trinajstić information content (AvgIpc) is 2.48. The summed E-state index contributed by atoms with van der Waals surface area (Å²) < 4.78 is 13.4. The minimum absolute atomic E-state index is 0.0779. The highest BCUT2D eigenvalue weighted by Crippen LogP contribution is 2.13. The quantitative estimate of drug-likeness (QED) is 0.818. The van der Waals surface area contributed by atoms with Gasteiger partial charge in [0.05, 0.1) is 11.9 Å². The van der Waals surface area contributed by atoms with Gasteiger partial charge in [0.1, 0.15) is 6.61 Å². The van der Waals surface area contributed by atoms with Crippen LogP contribution in [0.5, 0.6) is 0 Å². The number of hydrogen-bond donors (Lipinski definition) is 2. The second-order valence-electron chi connectivity index (χ2n) is 3.85. The minimum atomic E-state index is -0.591. The van der Waals surface area contributed by atoms with Crippen LogP contribution in [0.1, 0.15) is 15.9 Å². The Morgan fingerprint density at radius 3 is 2.70 bits per heavy atom. The zero-order valence-corrected chi connectivity index (χ0v) is 10.4. The maximum Gasteiger partial charge on any atom is 0.255 e. The normalized spacial score (nSPS) is 9.50. The summed E-state index contributed by atoms with van der Waals surface area (Å²) in [6, 6.07) is 7.85. The van der Waals surface area contributed by atoms with Gasteiger partial charge in [-0.2, -0.15) is 0 Å². The Labute approximate surface area is 115 Å². The van der Waals surface area contributed by atoms with Crippen molar-refractivity contribution >= 4 is 11.6 Å². The van der Waals surface area contributed by atoms with Crippen molar-refractivity contribution in [3.8, 4) is 11.8 Å². The van der Waals surface area contributed by atoms with Gasteiger partial charge in [-0.3, -0.25) is 9.78 Å². The molecule has 1 amide bonds. The van der Waals surface area contributed by atoms with Crippen LogP contribution < -0.4 is 5.32 Å². The van der Waals surface area contributed by atoms with Gasteiger partial charge in [0.15, 0.2) is 5.82 Å². The number of halogens is 1. The van der Waals surface area contributed by atoms with Crippen LogP contribution >= 0.6 is 0 Å². The van der Waals surface area contributed by atoms with E-state index in [4.69, 9.17) is 5.11 Å². The first-order valence-electron chi connectivity index (χ1n) is 5.81. The molecule has 0 aliphatic heterocycles. The molecule has 20 heavy (non-hydrogen) atoms. The number of carbonyl (C=O) groups is 1. The number of anilines is 1. The fraction of sp³-hybridized carbons (Fsp3) is 0.0667. The molecule has 4 nitrogen and oxygen atoms in total. The zero-order chi connectivity index (χ0) is 14.4. The second-order valence-corrected chi connectivity index (χ2v) is 3.85. The molecule has 0 spiro atoms. The number of benzene rings is 1. The lowest BCUT2D eigenvalue weighted by atomic mass is 10.1. The van der Waals surface area contributed by atoms with E-state index in [0.717, 1.165) is 6.20 Å². The van der Waals surface area contributed by atoms with Crippen molar-refractivity contribution in [3.63, 3.8) is 0 Å². The van der Waals surface area contributed by atoms with Crippen molar-refractivity contribution < 1.29 is 14.3 Å². The molecule has 0 atom stereocenters. The van der Waals surface area contributed by atoms with Gasteiger partial charge in [0.2, 0.25) is 0 Å². The first kappa shape index (κ1) is 13.7. The van der Waals surface area contributed by atoms with E-state index in [1.54, 1.807) is 24.3 Å². The Balaban J connectivity index is 2.12. The van der Waals surface area contributed by atoms with E-state index in [9.17, 15) is 9.18 Å². The molecule has 1 heterocycles. The van der Waals surface area contributed by atoms with E-state index in [1.807, 2.05) is 0 Å². The zero-order valence-electron chi connectivity index (χ0n) is 10.4. The number of carbonyl (C=O) groups excluding carboxylic acids is 1. The van der Waals surface area contributed by atoms with Gasteiger partial charge in [0, 0.05) is 17.3 Å². The van der Waals surface area contributed by atoms with Crippen LogP contribution in [0, 0.1) is 17.7 Å². The van der Waals surface area contributed by atoms with Crippen LogP contribution in [0.25, 0.3) is 0 Å². The number of rotatable bonds is 2.